The van der Waals surface area contributed by atoms with Gasteiger partial charge in [-0.1, -0.05) is 12.1 Å². The second-order valence-electron chi connectivity index (χ2n) is 3.84. The van der Waals surface area contributed by atoms with E-state index in [-0.39, 0.29) is 5.92 Å². The van der Waals surface area contributed by atoms with Crippen molar-refractivity contribution in [2.75, 3.05) is 7.11 Å². The minimum atomic E-state index is 0.252. The Hall–Kier alpha value is -1.31. The molecule has 0 aliphatic heterocycles. The largest absolute Gasteiger partial charge is 0.497 e. The van der Waals surface area contributed by atoms with Crippen LogP contribution >= 0.6 is 0 Å². The van der Waals surface area contributed by atoms with E-state index in [1.165, 1.54) is 5.56 Å². The number of rotatable bonds is 3. The average molecular weight is 190 g/mol. The lowest BCUT2D eigenvalue weighted by Gasteiger charge is -2.02. The molecule has 2 heteroatoms. The third-order valence-electron chi connectivity index (χ3n) is 2.83. The molecular weight excluding hydrogens is 176 g/mol. The summed E-state index contributed by atoms with van der Waals surface area (Å²) in [5.41, 5.74) is 1.23. The van der Waals surface area contributed by atoms with Crippen molar-refractivity contribution in [2.24, 2.45) is 5.92 Å². The molecule has 0 spiro atoms. The normalized spacial score (nSPS) is 24.4. The molecule has 1 aromatic carbocycles. The lowest BCUT2D eigenvalue weighted by Crippen LogP contribution is -1.94. The highest BCUT2D eigenvalue weighted by molar-refractivity contribution is 5.82. The van der Waals surface area contributed by atoms with E-state index < -0.39 is 0 Å². The number of ketones is 1. The molecule has 0 radical (unpaired) electrons. The van der Waals surface area contributed by atoms with Crippen LogP contribution in [0.2, 0.25) is 0 Å². The standard InChI is InChI=1S/C12H14O2/c1-8(13)11-7-12(11)9-4-3-5-10(6-9)14-2/h3-6,11-12H,7H2,1-2H3/t11-,12-/m1/s1. The van der Waals surface area contributed by atoms with Gasteiger partial charge in [0, 0.05) is 5.92 Å². The molecule has 74 valence electrons. The van der Waals surface area contributed by atoms with Gasteiger partial charge in [0.2, 0.25) is 0 Å². The van der Waals surface area contributed by atoms with Crippen LogP contribution in [0.25, 0.3) is 0 Å². The number of benzene rings is 1. The molecule has 0 unspecified atom stereocenters. The fourth-order valence-corrected chi connectivity index (χ4v) is 1.88. The second-order valence-corrected chi connectivity index (χ2v) is 3.84. The first-order valence-corrected chi connectivity index (χ1v) is 4.87. The van der Waals surface area contributed by atoms with Gasteiger partial charge in [-0.05, 0) is 37.0 Å². The Balaban J connectivity index is 2.15. The second kappa shape index (κ2) is 3.45. The van der Waals surface area contributed by atoms with Crippen LogP contribution in [-0.4, -0.2) is 12.9 Å². The van der Waals surface area contributed by atoms with E-state index in [2.05, 4.69) is 6.07 Å². The van der Waals surface area contributed by atoms with Crippen LogP contribution in [0.1, 0.15) is 24.8 Å². The van der Waals surface area contributed by atoms with E-state index in [1.807, 2.05) is 18.2 Å². The number of ether oxygens (including phenoxy) is 1. The Bertz CT molecular complexity index is 357. The molecule has 0 bridgehead atoms. The zero-order valence-electron chi connectivity index (χ0n) is 8.49. The first kappa shape index (κ1) is 9.25. The van der Waals surface area contributed by atoms with Gasteiger partial charge in [0.15, 0.2) is 0 Å². The molecule has 0 N–H and O–H groups in total. The van der Waals surface area contributed by atoms with Crippen LogP contribution in [0.15, 0.2) is 24.3 Å². The van der Waals surface area contributed by atoms with E-state index in [4.69, 9.17) is 4.74 Å². The van der Waals surface area contributed by atoms with Crippen LogP contribution in [0.3, 0.4) is 0 Å². The van der Waals surface area contributed by atoms with Crippen LogP contribution in [-0.2, 0) is 4.79 Å². The number of carbonyl (C=O) groups excluding carboxylic acids is 1. The molecular formula is C12H14O2. The molecule has 2 rings (SSSR count). The van der Waals surface area contributed by atoms with Gasteiger partial charge in [0.25, 0.3) is 0 Å². The number of methoxy groups -OCH3 is 1. The Morgan fingerprint density at radius 3 is 2.86 bits per heavy atom. The lowest BCUT2D eigenvalue weighted by atomic mass is 10.1. The first-order chi connectivity index (χ1) is 6.72. The fraction of sp³-hybridized carbons (Fsp3) is 0.417. The summed E-state index contributed by atoms with van der Waals surface area (Å²) in [5, 5.41) is 0. The monoisotopic (exact) mass is 190 g/mol. The van der Waals surface area contributed by atoms with E-state index in [0.717, 1.165) is 12.2 Å². The molecule has 0 saturated heterocycles. The third kappa shape index (κ3) is 1.65. The molecule has 1 aromatic rings. The minimum Gasteiger partial charge on any atom is -0.497 e. The zero-order chi connectivity index (χ0) is 10.1. The average Bonchev–Trinajstić information content (AvgIpc) is 2.97. The SMILES string of the molecule is COc1cccc([C@H]2C[C@@H]2C(C)=O)c1. The third-order valence-corrected chi connectivity index (χ3v) is 2.83. The summed E-state index contributed by atoms with van der Waals surface area (Å²) in [5.74, 6) is 1.86. The van der Waals surface area contributed by atoms with Gasteiger partial charge in [-0.15, -0.1) is 0 Å². The van der Waals surface area contributed by atoms with Crippen LogP contribution < -0.4 is 4.74 Å². The predicted octanol–water partition coefficient (Wildman–Crippen LogP) is 2.39. The van der Waals surface area contributed by atoms with Crippen LogP contribution in [0, 0.1) is 5.92 Å². The minimum absolute atomic E-state index is 0.252. The van der Waals surface area contributed by atoms with Gasteiger partial charge < -0.3 is 4.74 Å². The maximum atomic E-state index is 11.1. The zero-order valence-corrected chi connectivity index (χ0v) is 8.49. The molecule has 0 amide bonds. The van der Waals surface area contributed by atoms with Gasteiger partial charge in [-0.25, -0.2) is 0 Å². The summed E-state index contributed by atoms with van der Waals surface area (Å²) >= 11 is 0. The lowest BCUT2D eigenvalue weighted by molar-refractivity contribution is -0.118. The highest BCUT2D eigenvalue weighted by Gasteiger charge is 2.41. The van der Waals surface area contributed by atoms with Gasteiger partial charge in [0.1, 0.15) is 11.5 Å². The van der Waals surface area contributed by atoms with Crippen molar-refractivity contribution >= 4 is 5.78 Å². The molecule has 2 atom stereocenters. The molecule has 14 heavy (non-hydrogen) atoms. The Labute approximate surface area is 83.9 Å². The molecule has 1 fully saturated rings. The van der Waals surface area contributed by atoms with E-state index in [1.54, 1.807) is 14.0 Å². The van der Waals surface area contributed by atoms with E-state index in [0.29, 0.717) is 11.7 Å². The summed E-state index contributed by atoms with van der Waals surface area (Å²) in [4.78, 5) is 11.1. The maximum Gasteiger partial charge on any atom is 0.133 e. The van der Waals surface area contributed by atoms with Gasteiger partial charge in [-0.3, -0.25) is 4.79 Å². The van der Waals surface area contributed by atoms with Crippen molar-refractivity contribution in [2.45, 2.75) is 19.3 Å². The topological polar surface area (TPSA) is 26.3 Å². The van der Waals surface area contributed by atoms with Crippen LogP contribution in [0.5, 0.6) is 5.75 Å². The molecule has 1 aliphatic carbocycles. The summed E-state index contributed by atoms with van der Waals surface area (Å²) in [6.07, 6.45) is 1.00. The molecule has 0 heterocycles. The van der Waals surface area contributed by atoms with Crippen molar-refractivity contribution in [1.29, 1.82) is 0 Å². The molecule has 1 aliphatic rings. The van der Waals surface area contributed by atoms with Crippen molar-refractivity contribution in [3.63, 3.8) is 0 Å². The van der Waals surface area contributed by atoms with Crippen molar-refractivity contribution in [3.8, 4) is 5.75 Å². The summed E-state index contributed by atoms with van der Waals surface area (Å²) in [6, 6.07) is 7.99. The van der Waals surface area contributed by atoms with Crippen molar-refractivity contribution in [3.05, 3.63) is 29.8 Å². The predicted molar refractivity (Wildman–Crippen MR) is 54.5 cm³/mol. The highest BCUT2D eigenvalue weighted by Crippen LogP contribution is 2.48. The Morgan fingerprint density at radius 1 is 1.50 bits per heavy atom. The maximum absolute atomic E-state index is 11.1. The van der Waals surface area contributed by atoms with Gasteiger partial charge in [-0.2, -0.15) is 0 Å². The smallest absolute Gasteiger partial charge is 0.133 e. The number of hydrogen-bond donors (Lipinski definition) is 0. The van der Waals surface area contributed by atoms with Crippen LogP contribution in [0.4, 0.5) is 0 Å². The summed E-state index contributed by atoms with van der Waals surface area (Å²) < 4.78 is 5.14. The number of Topliss-reactive ketones (excluding diaryl/α,β-unsaturated/α-hetero) is 1. The number of carbonyl (C=O) groups is 1. The van der Waals surface area contributed by atoms with E-state index >= 15 is 0 Å². The Morgan fingerprint density at radius 2 is 2.29 bits per heavy atom. The van der Waals surface area contributed by atoms with Gasteiger partial charge in [0.05, 0.1) is 7.11 Å². The first-order valence-electron chi connectivity index (χ1n) is 4.87. The summed E-state index contributed by atoms with van der Waals surface area (Å²) in [7, 11) is 1.66. The number of hydrogen-bond acceptors (Lipinski definition) is 2. The Kier molecular flexibility index (Phi) is 2.28. The molecule has 0 aromatic heterocycles. The fourth-order valence-electron chi connectivity index (χ4n) is 1.88. The quantitative estimate of drug-likeness (QED) is 0.731. The van der Waals surface area contributed by atoms with Crippen molar-refractivity contribution < 1.29 is 9.53 Å². The van der Waals surface area contributed by atoms with Gasteiger partial charge >= 0.3 is 0 Å². The summed E-state index contributed by atoms with van der Waals surface area (Å²) in [6.45, 7) is 1.67. The highest BCUT2D eigenvalue weighted by atomic mass is 16.5. The van der Waals surface area contributed by atoms with E-state index in [9.17, 15) is 4.79 Å². The van der Waals surface area contributed by atoms with Crippen molar-refractivity contribution in [1.82, 2.24) is 0 Å². The molecule has 1 saturated carbocycles. The molecule has 2 nitrogen and oxygen atoms in total.